The van der Waals surface area contributed by atoms with Gasteiger partial charge in [-0.3, -0.25) is 9.59 Å². The van der Waals surface area contributed by atoms with Gasteiger partial charge in [-0.15, -0.1) is 0 Å². The number of benzene rings is 1. The second-order valence-corrected chi connectivity index (χ2v) is 7.40. The smallest absolute Gasteiger partial charge is 0.240 e. The van der Waals surface area contributed by atoms with Gasteiger partial charge in [0.2, 0.25) is 11.8 Å². The number of para-hydroxylation sites is 2. The van der Waals surface area contributed by atoms with Crippen LogP contribution in [0.25, 0.3) is 0 Å². The van der Waals surface area contributed by atoms with Gasteiger partial charge in [0.05, 0.1) is 11.8 Å². The Balaban J connectivity index is 2.12. The predicted molar refractivity (Wildman–Crippen MR) is 90.4 cm³/mol. The van der Waals surface area contributed by atoms with Gasteiger partial charge in [-0.2, -0.15) is 0 Å². The van der Waals surface area contributed by atoms with Crippen LogP contribution < -0.4 is 15.4 Å². The van der Waals surface area contributed by atoms with E-state index in [1.54, 1.807) is 6.07 Å². The number of amides is 2. The summed E-state index contributed by atoms with van der Waals surface area (Å²) in [6.07, 6.45) is 1.16. The summed E-state index contributed by atoms with van der Waals surface area (Å²) in [5.74, 6) is 0.145. The largest absolute Gasteiger partial charge is 0.489 e. The molecule has 0 aromatic heterocycles. The summed E-state index contributed by atoms with van der Waals surface area (Å²) in [6.45, 7) is 9.58. The average Bonchev–Trinajstić information content (AvgIpc) is 3.20. The van der Waals surface area contributed by atoms with E-state index in [2.05, 4.69) is 10.6 Å². The molecule has 1 aromatic carbocycles. The maximum Gasteiger partial charge on any atom is 0.240 e. The van der Waals surface area contributed by atoms with Crippen LogP contribution in [0, 0.1) is 5.41 Å². The van der Waals surface area contributed by atoms with Crippen LogP contribution in [0.2, 0.25) is 0 Å². The van der Waals surface area contributed by atoms with E-state index in [1.807, 2.05) is 52.8 Å². The average molecular weight is 318 g/mol. The Kier molecular flexibility index (Phi) is 4.68. The summed E-state index contributed by atoms with van der Waals surface area (Å²) in [7, 11) is 0. The first-order chi connectivity index (χ1) is 10.6. The number of carbonyl (C=O) groups excluding carboxylic acids is 2. The first-order valence-electron chi connectivity index (χ1n) is 8.04. The van der Waals surface area contributed by atoms with Crippen LogP contribution in [0.3, 0.4) is 0 Å². The molecule has 1 aromatic rings. The SMILES string of the molecule is CC(C)Oc1ccccc1NC(=O)C1(C(=O)NC(C)(C)C)CC1. The zero-order chi connectivity index (χ0) is 17.3. The summed E-state index contributed by atoms with van der Waals surface area (Å²) in [5, 5.41) is 5.76. The maximum absolute atomic E-state index is 12.6. The summed E-state index contributed by atoms with van der Waals surface area (Å²) in [5.41, 5.74) is -0.704. The number of anilines is 1. The van der Waals surface area contributed by atoms with Crippen molar-refractivity contribution >= 4 is 17.5 Å². The fraction of sp³-hybridized carbons (Fsp3) is 0.556. The van der Waals surface area contributed by atoms with Gasteiger partial charge in [-0.1, -0.05) is 12.1 Å². The number of carbonyl (C=O) groups is 2. The zero-order valence-corrected chi connectivity index (χ0v) is 14.5. The van der Waals surface area contributed by atoms with Gasteiger partial charge >= 0.3 is 0 Å². The standard InChI is InChI=1S/C18H26N2O3/c1-12(2)23-14-9-7-6-8-13(14)19-15(21)18(10-11-18)16(22)20-17(3,4)5/h6-9,12H,10-11H2,1-5H3,(H,19,21)(H,20,22). The first kappa shape index (κ1) is 17.3. The summed E-state index contributed by atoms with van der Waals surface area (Å²) in [6, 6.07) is 7.28. The summed E-state index contributed by atoms with van der Waals surface area (Å²) < 4.78 is 5.71. The van der Waals surface area contributed by atoms with Crippen LogP contribution in [0.1, 0.15) is 47.5 Å². The molecule has 0 aliphatic heterocycles. The molecule has 2 N–H and O–H groups in total. The highest BCUT2D eigenvalue weighted by atomic mass is 16.5. The molecule has 0 radical (unpaired) electrons. The number of nitrogens with one attached hydrogen (secondary N) is 2. The highest BCUT2D eigenvalue weighted by Crippen LogP contribution is 2.47. The fourth-order valence-electron chi connectivity index (χ4n) is 2.31. The van der Waals surface area contributed by atoms with Gasteiger partial charge in [0.15, 0.2) is 0 Å². The second-order valence-electron chi connectivity index (χ2n) is 7.40. The van der Waals surface area contributed by atoms with Crippen molar-refractivity contribution in [2.45, 2.75) is 59.1 Å². The van der Waals surface area contributed by atoms with E-state index < -0.39 is 5.41 Å². The van der Waals surface area contributed by atoms with Crippen molar-refractivity contribution in [1.29, 1.82) is 0 Å². The third kappa shape index (κ3) is 4.24. The highest BCUT2D eigenvalue weighted by Gasteiger charge is 2.57. The fourth-order valence-corrected chi connectivity index (χ4v) is 2.31. The molecule has 1 fully saturated rings. The Morgan fingerprint density at radius 1 is 1.13 bits per heavy atom. The van der Waals surface area contributed by atoms with Gasteiger partial charge in [0.25, 0.3) is 0 Å². The lowest BCUT2D eigenvalue weighted by molar-refractivity contribution is -0.135. The second kappa shape index (κ2) is 6.22. The molecular weight excluding hydrogens is 292 g/mol. The number of hydrogen-bond acceptors (Lipinski definition) is 3. The molecule has 5 heteroatoms. The van der Waals surface area contributed by atoms with Crippen molar-refractivity contribution < 1.29 is 14.3 Å². The Labute approximate surface area is 137 Å². The number of hydrogen-bond donors (Lipinski definition) is 2. The van der Waals surface area contributed by atoms with E-state index in [-0.39, 0.29) is 23.5 Å². The molecule has 5 nitrogen and oxygen atoms in total. The molecule has 0 heterocycles. The molecule has 1 aliphatic rings. The van der Waals surface area contributed by atoms with Crippen LogP contribution in [0.15, 0.2) is 24.3 Å². The Morgan fingerprint density at radius 2 is 1.74 bits per heavy atom. The summed E-state index contributed by atoms with van der Waals surface area (Å²) in [4.78, 5) is 25.1. The van der Waals surface area contributed by atoms with Gasteiger partial charge in [-0.05, 0) is 59.6 Å². The summed E-state index contributed by atoms with van der Waals surface area (Å²) >= 11 is 0. The van der Waals surface area contributed by atoms with Gasteiger partial charge in [0, 0.05) is 5.54 Å². The van der Waals surface area contributed by atoms with E-state index in [4.69, 9.17) is 4.74 Å². The van der Waals surface area contributed by atoms with Crippen molar-refractivity contribution in [2.75, 3.05) is 5.32 Å². The van der Waals surface area contributed by atoms with Crippen molar-refractivity contribution in [1.82, 2.24) is 5.32 Å². The van der Waals surface area contributed by atoms with Gasteiger partial charge < -0.3 is 15.4 Å². The van der Waals surface area contributed by atoms with Crippen molar-refractivity contribution in [2.24, 2.45) is 5.41 Å². The Morgan fingerprint density at radius 3 is 2.26 bits per heavy atom. The monoisotopic (exact) mass is 318 g/mol. The third-order valence-electron chi connectivity index (χ3n) is 3.61. The van der Waals surface area contributed by atoms with E-state index >= 15 is 0 Å². The lowest BCUT2D eigenvalue weighted by Crippen LogP contribution is -2.48. The molecular formula is C18H26N2O3. The normalized spacial score (nSPS) is 15.9. The lowest BCUT2D eigenvalue weighted by Gasteiger charge is -2.24. The molecule has 23 heavy (non-hydrogen) atoms. The molecule has 0 saturated heterocycles. The molecule has 0 bridgehead atoms. The Hall–Kier alpha value is -2.04. The minimum atomic E-state index is -0.946. The van der Waals surface area contributed by atoms with Crippen LogP contribution >= 0.6 is 0 Å². The van der Waals surface area contributed by atoms with Gasteiger partial charge in [-0.25, -0.2) is 0 Å². The van der Waals surface area contributed by atoms with Crippen LogP contribution in [0.4, 0.5) is 5.69 Å². The quantitative estimate of drug-likeness (QED) is 0.820. The molecule has 0 unspecified atom stereocenters. The first-order valence-corrected chi connectivity index (χ1v) is 8.04. The van der Waals surface area contributed by atoms with Crippen LogP contribution in [-0.2, 0) is 9.59 Å². The molecule has 0 spiro atoms. The maximum atomic E-state index is 12.6. The Bertz CT molecular complexity index is 599. The molecule has 1 aliphatic carbocycles. The van der Waals surface area contributed by atoms with Crippen LogP contribution in [-0.4, -0.2) is 23.5 Å². The predicted octanol–water partition coefficient (Wildman–Crippen LogP) is 3.11. The molecule has 2 rings (SSSR count). The van der Waals surface area contributed by atoms with E-state index in [1.165, 1.54) is 0 Å². The zero-order valence-electron chi connectivity index (χ0n) is 14.5. The minimum absolute atomic E-state index is 0.00660. The molecule has 0 atom stereocenters. The lowest BCUT2D eigenvalue weighted by atomic mass is 10.0. The third-order valence-corrected chi connectivity index (χ3v) is 3.61. The van der Waals surface area contributed by atoms with E-state index in [9.17, 15) is 9.59 Å². The number of ether oxygens (including phenoxy) is 1. The number of rotatable bonds is 5. The van der Waals surface area contributed by atoms with E-state index in [0.29, 0.717) is 24.3 Å². The topological polar surface area (TPSA) is 67.4 Å². The van der Waals surface area contributed by atoms with Crippen molar-refractivity contribution in [3.8, 4) is 5.75 Å². The minimum Gasteiger partial charge on any atom is -0.489 e. The van der Waals surface area contributed by atoms with Gasteiger partial charge in [0.1, 0.15) is 11.2 Å². The molecule has 126 valence electrons. The highest BCUT2D eigenvalue weighted by molar-refractivity contribution is 6.13. The van der Waals surface area contributed by atoms with Crippen molar-refractivity contribution in [3.63, 3.8) is 0 Å². The van der Waals surface area contributed by atoms with Crippen LogP contribution in [0.5, 0.6) is 5.75 Å². The van der Waals surface area contributed by atoms with Crippen molar-refractivity contribution in [3.05, 3.63) is 24.3 Å². The van der Waals surface area contributed by atoms with E-state index in [0.717, 1.165) is 0 Å². The molecule has 1 saturated carbocycles. The molecule has 2 amide bonds.